The monoisotopic (exact) mass is 229 g/mol. The Morgan fingerprint density at radius 1 is 1.41 bits per heavy atom. The summed E-state index contributed by atoms with van der Waals surface area (Å²) in [6, 6.07) is 4.18. The van der Waals surface area contributed by atoms with Gasteiger partial charge in [-0.2, -0.15) is 5.26 Å². The second kappa shape index (κ2) is 4.75. The van der Waals surface area contributed by atoms with Crippen molar-refractivity contribution in [2.45, 2.75) is 27.2 Å². The lowest BCUT2D eigenvalue weighted by Crippen LogP contribution is -2.39. The van der Waals surface area contributed by atoms with E-state index in [4.69, 9.17) is 0 Å². The van der Waals surface area contributed by atoms with E-state index in [1.54, 1.807) is 6.20 Å². The molecule has 0 bridgehead atoms. The molecule has 1 aliphatic rings. The summed E-state index contributed by atoms with van der Waals surface area (Å²) < 4.78 is 0. The van der Waals surface area contributed by atoms with E-state index in [0.29, 0.717) is 5.92 Å². The maximum atomic E-state index is 9.23. The molecular formula is C14H19N3. The fourth-order valence-corrected chi connectivity index (χ4v) is 2.38. The van der Waals surface area contributed by atoms with Gasteiger partial charge in [-0.1, -0.05) is 13.8 Å². The van der Waals surface area contributed by atoms with Crippen LogP contribution in [0.1, 0.15) is 31.4 Å². The van der Waals surface area contributed by atoms with Crippen LogP contribution in [0.4, 0.5) is 5.82 Å². The van der Waals surface area contributed by atoms with Gasteiger partial charge in [0.1, 0.15) is 11.9 Å². The predicted octanol–water partition coefficient (Wildman–Crippen LogP) is 2.74. The molecule has 0 aromatic carbocycles. The molecule has 0 spiro atoms. The van der Waals surface area contributed by atoms with Gasteiger partial charge >= 0.3 is 0 Å². The fourth-order valence-electron chi connectivity index (χ4n) is 2.38. The van der Waals surface area contributed by atoms with Crippen molar-refractivity contribution in [3.05, 3.63) is 23.4 Å². The van der Waals surface area contributed by atoms with Gasteiger partial charge in [0.15, 0.2) is 0 Å². The highest BCUT2D eigenvalue weighted by Crippen LogP contribution is 2.28. The molecule has 3 nitrogen and oxygen atoms in total. The largest absolute Gasteiger partial charge is 0.355 e. The van der Waals surface area contributed by atoms with Crippen LogP contribution >= 0.6 is 0 Å². The third-order valence-electron chi connectivity index (χ3n) is 3.88. The first-order valence-corrected chi connectivity index (χ1v) is 6.24. The summed E-state index contributed by atoms with van der Waals surface area (Å²) in [5.74, 6) is 2.30. The molecule has 0 saturated carbocycles. The van der Waals surface area contributed by atoms with Crippen LogP contribution < -0.4 is 4.90 Å². The molecule has 0 radical (unpaired) electrons. The first-order valence-electron chi connectivity index (χ1n) is 6.24. The van der Waals surface area contributed by atoms with Crippen LogP contribution in [0, 0.1) is 30.1 Å². The van der Waals surface area contributed by atoms with E-state index in [9.17, 15) is 5.26 Å². The number of hydrogen-bond acceptors (Lipinski definition) is 3. The predicted molar refractivity (Wildman–Crippen MR) is 68.8 cm³/mol. The van der Waals surface area contributed by atoms with E-state index < -0.39 is 0 Å². The summed E-state index contributed by atoms with van der Waals surface area (Å²) in [6.07, 6.45) is 2.98. The van der Waals surface area contributed by atoms with E-state index in [1.165, 1.54) is 6.42 Å². The summed E-state index contributed by atoms with van der Waals surface area (Å²) in [6.45, 7) is 8.57. The number of aryl methyl sites for hydroxylation is 1. The van der Waals surface area contributed by atoms with Gasteiger partial charge in [0, 0.05) is 19.3 Å². The van der Waals surface area contributed by atoms with Gasteiger partial charge in [-0.05, 0) is 36.8 Å². The number of piperidine rings is 1. The first kappa shape index (κ1) is 11.9. The molecule has 2 atom stereocenters. The molecule has 1 saturated heterocycles. The van der Waals surface area contributed by atoms with Crippen molar-refractivity contribution < 1.29 is 0 Å². The Morgan fingerprint density at radius 2 is 2.18 bits per heavy atom. The average Bonchev–Trinajstić information content (AvgIpc) is 2.32. The van der Waals surface area contributed by atoms with Crippen molar-refractivity contribution >= 4 is 5.82 Å². The first-order chi connectivity index (χ1) is 8.13. The molecule has 1 aromatic heterocycles. The smallest absolute Gasteiger partial charge is 0.146 e. The van der Waals surface area contributed by atoms with Crippen LogP contribution in [-0.2, 0) is 0 Å². The SMILES string of the molecule is Cc1ccnc(N2CCC(C)C(C)C2)c1C#N. The lowest BCUT2D eigenvalue weighted by molar-refractivity contribution is 0.322. The zero-order valence-corrected chi connectivity index (χ0v) is 10.8. The summed E-state index contributed by atoms with van der Waals surface area (Å²) >= 11 is 0. The van der Waals surface area contributed by atoms with E-state index in [2.05, 4.69) is 29.8 Å². The lowest BCUT2D eigenvalue weighted by Gasteiger charge is -2.36. The summed E-state index contributed by atoms with van der Waals surface area (Å²) in [5, 5.41) is 9.23. The standard InChI is InChI=1S/C14H19N3/c1-10-5-7-17(9-12(10)3)14-13(8-15)11(2)4-6-16-14/h4,6,10,12H,5,7,9H2,1-3H3. The zero-order chi connectivity index (χ0) is 12.4. The molecule has 2 heterocycles. The average molecular weight is 229 g/mol. The Labute approximate surface area is 103 Å². The molecule has 2 unspecified atom stereocenters. The third kappa shape index (κ3) is 2.26. The molecule has 17 heavy (non-hydrogen) atoms. The van der Waals surface area contributed by atoms with Gasteiger partial charge in [-0.25, -0.2) is 4.98 Å². The zero-order valence-electron chi connectivity index (χ0n) is 10.8. The molecule has 1 aromatic rings. The Kier molecular flexibility index (Phi) is 3.33. The molecular weight excluding hydrogens is 210 g/mol. The molecule has 3 heteroatoms. The lowest BCUT2D eigenvalue weighted by atomic mass is 9.88. The van der Waals surface area contributed by atoms with Crippen molar-refractivity contribution in [1.29, 1.82) is 5.26 Å². The summed E-state index contributed by atoms with van der Waals surface area (Å²) in [4.78, 5) is 6.66. The topological polar surface area (TPSA) is 39.9 Å². The number of hydrogen-bond donors (Lipinski definition) is 0. The van der Waals surface area contributed by atoms with Gasteiger partial charge in [-0.15, -0.1) is 0 Å². The fraction of sp³-hybridized carbons (Fsp3) is 0.571. The number of nitriles is 1. The normalized spacial score (nSPS) is 24.5. The van der Waals surface area contributed by atoms with E-state index >= 15 is 0 Å². The third-order valence-corrected chi connectivity index (χ3v) is 3.88. The second-order valence-electron chi connectivity index (χ2n) is 5.13. The van der Waals surface area contributed by atoms with Crippen molar-refractivity contribution in [2.24, 2.45) is 11.8 Å². The minimum absolute atomic E-state index is 0.664. The van der Waals surface area contributed by atoms with Crippen molar-refractivity contribution in [1.82, 2.24) is 4.98 Å². The van der Waals surface area contributed by atoms with Crippen LogP contribution in [0.5, 0.6) is 0 Å². The number of rotatable bonds is 1. The molecule has 2 rings (SSSR count). The molecule has 0 amide bonds. The number of pyridine rings is 1. The molecule has 1 fully saturated rings. The van der Waals surface area contributed by atoms with Crippen LogP contribution in [0.2, 0.25) is 0 Å². The van der Waals surface area contributed by atoms with Gasteiger partial charge < -0.3 is 4.90 Å². The molecule has 1 aliphatic heterocycles. The molecule has 90 valence electrons. The highest BCUT2D eigenvalue weighted by Gasteiger charge is 2.25. The highest BCUT2D eigenvalue weighted by atomic mass is 15.2. The maximum absolute atomic E-state index is 9.23. The number of aromatic nitrogens is 1. The van der Waals surface area contributed by atoms with Crippen LogP contribution in [-0.4, -0.2) is 18.1 Å². The van der Waals surface area contributed by atoms with Gasteiger partial charge in [0.05, 0.1) is 5.56 Å². The highest BCUT2D eigenvalue weighted by molar-refractivity contribution is 5.57. The Balaban J connectivity index is 2.29. The van der Waals surface area contributed by atoms with Crippen molar-refractivity contribution in [3.8, 4) is 6.07 Å². The molecule has 0 N–H and O–H groups in total. The van der Waals surface area contributed by atoms with Crippen LogP contribution in [0.3, 0.4) is 0 Å². The van der Waals surface area contributed by atoms with Gasteiger partial charge in [0.25, 0.3) is 0 Å². The Morgan fingerprint density at radius 3 is 2.82 bits per heavy atom. The molecule has 0 aliphatic carbocycles. The van der Waals surface area contributed by atoms with Crippen LogP contribution in [0.25, 0.3) is 0 Å². The van der Waals surface area contributed by atoms with E-state index in [0.717, 1.165) is 36.0 Å². The Hall–Kier alpha value is -1.56. The van der Waals surface area contributed by atoms with Gasteiger partial charge in [0.2, 0.25) is 0 Å². The Bertz CT molecular complexity index is 447. The quantitative estimate of drug-likeness (QED) is 0.743. The minimum Gasteiger partial charge on any atom is -0.355 e. The van der Waals surface area contributed by atoms with Gasteiger partial charge in [-0.3, -0.25) is 0 Å². The van der Waals surface area contributed by atoms with Crippen molar-refractivity contribution in [3.63, 3.8) is 0 Å². The number of anilines is 1. The maximum Gasteiger partial charge on any atom is 0.146 e. The summed E-state index contributed by atoms with van der Waals surface area (Å²) in [7, 11) is 0. The van der Waals surface area contributed by atoms with Crippen LogP contribution in [0.15, 0.2) is 12.3 Å². The minimum atomic E-state index is 0.664. The summed E-state index contributed by atoms with van der Waals surface area (Å²) in [5.41, 5.74) is 1.75. The van der Waals surface area contributed by atoms with E-state index in [1.807, 2.05) is 13.0 Å². The number of nitrogens with zero attached hydrogens (tertiary/aromatic N) is 3. The van der Waals surface area contributed by atoms with Crippen molar-refractivity contribution in [2.75, 3.05) is 18.0 Å². The second-order valence-corrected chi connectivity index (χ2v) is 5.13. The van der Waals surface area contributed by atoms with E-state index in [-0.39, 0.29) is 0 Å².